The number of aryl methyl sites for hydroxylation is 1. The number of benzene rings is 1. The van der Waals surface area contributed by atoms with Crippen molar-refractivity contribution in [2.45, 2.75) is 32.6 Å². The topological polar surface area (TPSA) is 12.0 Å². The lowest BCUT2D eigenvalue weighted by Gasteiger charge is -2.22. The van der Waals surface area contributed by atoms with Crippen LogP contribution in [0.3, 0.4) is 0 Å². The van der Waals surface area contributed by atoms with Crippen molar-refractivity contribution >= 4 is 21.6 Å². The normalized spacial score (nSPS) is 24.6. The quantitative estimate of drug-likeness (QED) is 0.802. The fourth-order valence-corrected chi connectivity index (χ4v) is 2.81. The molecule has 0 saturated heterocycles. The van der Waals surface area contributed by atoms with Crippen LogP contribution in [-0.4, -0.2) is 6.54 Å². The highest BCUT2D eigenvalue weighted by Crippen LogP contribution is 2.43. The minimum Gasteiger partial charge on any atom is -0.383 e. The average Bonchev–Trinajstić information content (AvgIpc) is 2.46. The highest BCUT2D eigenvalue weighted by Gasteiger charge is 2.33. The van der Waals surface area contributed by atoms with E-state index in [1.54, 1.807) is 0 Å². The van der Waals surface area contributed by atoms with Crippen LogP contribution in [0.1, 0.15) is 31.4 Å². The second kappa shape index (κ2) is 3.27. The molecular weight excluding hydrogens is 238 g/mol. The van der Waals surface area contributed by atoms with Crippen LogP contribution in [0.2, 0.25) is 0 Å². The Morgan fingerprint density at radius 2 is 2.21 bits per heavy atom. The van der Waals surface area contributed by atoms with Crippen LogP contribution >= 0.6 is 15.9 Å². The van der Waals surface area contributed by atoms with Crippen LogP contribution in [0.25, 0.3) is 0 Å². The molecular formula is C12H16BrN. The van der Waals surface area contributed by atoms with E-state index in [9.17, 15) is 0 Å². The zero-order valence-corrected chi connectivity index (χ0v) is 10.5. The van der Waals surface area contributed by atoms with E-state index >= 15 is 0 Å². The fourth-order valence-electron chi connectivity index (χ4n) is 2.09. The third-order valence-corrected chi connectivity index (χ3v) is 3.95. The molecule has 1 aliphatic heterocycles. The molecule has 0 spiro atoms. The molecule has 1 aromatic carbocycles. The summed E-state index contributed by atoms with van der Waals surface area (Å²) in [5, 5.41) is 3.49. The van der Waals surface area contributed by atoms with Gasteiger partial charge >= 0.3 is 0 Å². The first-order valence-electron chi connectivity index (χ1n) is 5.11. The van der Waals surface area contributed by atoms with Crippen LogP contribution in [0.4, 0.5) is 5.69 Å². The van der Waals surface area contributed by atoms with Gasteiger partial charge in [-0.1, -0.05) is 19.9 Å². The summed E-state index contributed by atoms with van der Waals surface area (Å²) >= 11 is 3.62. The number of hydrogen-bond donors (Lipinski definition) is 1. The third kappa shape index (κ3) is 1.36. The van der Waals surface area contributed by atoms with Crippen LogP contribution in [-0.2, 0) is 5.41 Å². The number of hydrogen-bond acceptors (Lipinski definition) is 1. The maximum absolute atomic E-state index is 3.62. The first-order valence-corrected chi connectivity index (χ1v) is 5.90. The molecule has 2 heteroatoms. The largest absolute Gasteiger partial charge is 0.383 e. The Hall–Kier alpha value is -0.500. The maximum atomic E-state index is 3.62. The first kappa shape index (κ1) is 10.0. The molecule has 14 heavy (non-hydrogen) atoms. The van der Waals surface area contributed by atoms with Crippen LogP contribution in [0.15, 0.2) is 16.6 Å². The van der Waals surface area contributed by atoms with Crippen LogP contribution in [0, 0.1) is 6.92 Å². The molecule has 0 saturated carbocycles. The third-order valence-electron chi connectivity index (χ3n) is 3.32. The smallest absolute Gasteiger partial charge is 0.0523 e. The van der Waals surface area contributed by atoms with E-state index in [0.717, 1.165) is 6.54 Å². The fraction of sp³-hybridized carbons (Fsp3) is 0.500. The van der Waals surface area contributed by atoms with Crippen LogP contribution < -0.4 is 5.32 Å². The summed E-state index contributed by atoms with van der Waals surface area (Å²) in [6, 6.07) is 4.48. The van der Waals surface area contributed by atoms with E-state index in [2.05, 4.69) is 54.2 Å². The van der Waals surface area contributed by atoms with E-state index in [4.69, 9.17) is 0 Å². The maximum Gasteiger partial charge on any atom is 0.0523 e. The predicted octanol–water partition coefficient (Wildman–Crippen LogP) is 3.85. The number of anilines is 1. The number of rotatable bonds is 1. The van der Waals surface area contributed by atoms with E-state index in [1.807, 2.05) is 0 Å². The van der Waals surface area contributed by atoms with Crippen molar-refractivity contribution < 1.29 is 0 Å². The van der Waals surface area contributed by atoms with Crippen molar-refractivity contribution in [3.8, 4) is 0 Å². The molecule has 1 unspecified atom stereocenters. The Morgan fingerprint density at radius 3 is 2.86 bits per heavy atom. The van der Waals surface area contributed by atoms with Gasteiger partial charge in [0.1, 0.15) is 0 Å². The summed E-state index contributed by atoms with van der Waals surface area (Å²) in [4.78, 5) is 0. The lowest BCUT2D eigenvalue weighted by Crippen LogP contribution is -2.22. The molecule has 0 aliphatic carbocycles. The predicted molar refractivity (Wildman–Crippen MR) is 65.0 cm³/mol. The number of nitrogens with one attached hydrogen (secondary N) is 1. The van der Waals surface area contributed by atoms with Gasteiger partial charge in [-0.2, -0.15) is 0 Å². The summed E-state index contributed by atoms with van der Waals surface area (Å²) < 4.78 is 1.20. The van der Waals surface area contributed by atoms with Crippen molar-refractivity contribution in [3.63, 3.8) is 0 Å². The number of fused-ring (bicyclic) bond motifs is 1. The monoisotopic (exact) mass is 253 g/mol. The van der Waals surface area contributed by atoms with Crippen molar-refractivity contribution in [1.29, 1.82) is 0 Å². The summed E-state index contributed by atoms with van der Waals surface area (Å²) in [5.74, 6) is 0. The van der Waals surface area contributed by atoms with E-state index in [0.29, 0.717) is 5.41 Å². The molecule has 0 radical (unpaired) electrons. The summed E-state index contributed by atoms with van der Waals surface area (Å²) in [5.41, 5.74) is 4.40. The molecule has 1 aromatic rings. The van der Waals surface area contributed by atoms with Gasteiger partial charge in [0, 0.05) is 16.4 Å². The van der Waals surface area contributed by atoms with Gasteiger partial charge in [0.25, 0.3) is 0 Å². The summed E-state index contributed by atoms with van der Waals surface area (Å²) in [6.45, 7) is 7.80. The molecule has 1 atom stereocenters. The highest BCUT2D eigenvalue weighted by molar-refractivity contribution is 9.10. The Labute approximate surface area is 94.0 Å². The highest BCUT2D eigenvalue weighted by atomic mass is 79.9. The van der Waals surface area contributed by atoms with Gasteiger partial charge in [-0.15, -0.1) is 0 Å². The molecule has 0 aromatic heterocycles. The standard InChI is InChI=1S/C12H16BrN/c1-4-12(3)7-14-11-9(12)5-8(2)6-10(11)13/h5-6,14H,4,7H2,1-3H3. The summed E-state index contributed by atoms with van der Waals surface area (Å²) in [7, 11) is 0. The Balaban J connectivity index is 2.60. The summed E-state index contributed by atoms with van der Waals surface area (Å²) in [6.07, 6.45) is 1.18. The van der Waals surface area contributed by atoms with E-state index in [1.165, 1.54) is 27.7 Å². The van der Waals surface area contributed by atoms with E-state index in [-0.39, 0.29) is 0 Å². The van der Waals surface area contributed by atoms with Gasteiger partial charge in [-0.05, 0) is 46.5 Å². The minimum atomic E-state index is 0.309. The Morgan fingerprint density at radius 1 is 1.50 bits per heavy atom. The average molecular weight is 254 g/mol. The van der Waals surface area contributed by atoms with Gasteiger partial charge in [0.05, 0.1) is 5.69 Å². The second-order valence-electron chi connectivity index (χ2n) is 4.44. The minimum absolute atomic E-state index is 0.309. The molecule has 1 heterocycles. The molecule has 1 aliphatic rings. The number of halogens is 1. The first-order chi connectivity index (χ1) is 6.57. The molecule has 1 nitrogen and oxygen atoms in total. The van der Waals surface area contributed by atoms with Crippen molar-refractivity contribution in [3.05, 3.63) is 27.7 Å². The zero-order valence-electron chi connectivity index (χ0n) is 8.95. The van der Waals surface area contributed by atoms with Gasteiger partial charge in [-0.25, -0.2) is 0 Å². The van der Waals surface area contributed by atoms with Gasteiger partial charge < -0.3 is 5.32 Å². The molecule has 76 valence electrons. The Bertz CT molecular complexity index is 373. The SMILES string of the molecule is CCC1(C)CNc2c(Br)cc(C)cc21. The van der Waals surface area contributed by atoms with Crippen LogP contribution in [0.5, 0.6) is 0 Å². The molecule has 0 amide bonds. The van der Waals surface area contributed by atoms with Crippen molar-refractivity contribution in [1.82, 2.24) is 0 Å². The van der Waals surface area contributed by atoms with Gasteiger partial charge in [0.15, 0.2) is 0 Å². The molecule has 2 rings (SSSR count). The Kier molecular flexibility index (Phi) is 2.34. The van der Waals surface area contributed by atoms with Crippen molar-refractivity contribution in [2.24, 2.45) is 0 Å². The lowest BCUT2D eigenvalue weighted by atomic mass is 9.81. The molecule has 0 bridgehead atoms. The zero-order chi connectivity index (χ0) is 10.3. The molecule has 1 N–H and O–H groups in total. The lowest BCUT2D eigenvalue weighted by molar-refractivity contribution is 0.504. The van der Waals surface area contributed by atoms with E-state index < -0.39 is 0 Å². The second-order valence-corrected chi connectivity index (χ2v) is 5.29. The van der Waals surface area contributed by atoms with Crippen molar-refractivity contribution in [2.75, 3.05) is 11.9 Å². The molecule has 0 fully saturated rings. The van der Waals surface area contributed by atoms with Gasteiger partial charge in [-0.3, -0.25) is 0 Å². The van der Waals surface area contributed by atoms with Gasteiger partial charge in [0.2, 0.25) is 0 Å².